The van der Waals surface area contributed by atoms with Crippen LogP contribution in [-0.4, -0.2) is 18.1 Å². The van der Waals surface area contributed by atoms with Crippen LogP contribution in [0.3, 0.4) is 0 Å². The van der Waals surface area contributed by atoms with E-state index in [1.54, 1.807) is 0 Å². The average Bonchev–Trinajstić information content (AvgIpc) is 2.46. The van der Waals surface area contributed by atoms with Gasteiger partial charge in [0.05, 0.1) is 0 Å². The highest BCUT2D eigenvalue weighted by molar-refractivity contribution is 5.66. The summed E-state index contributed by atoms with van der Waals surface area (Å²) < 4.78 is 0. The van der Waals surface area contributed by atoms with Crippen molar-refractivity contribution in [3.63, 3.8) is 0 Å². The van der Waals surface area contributed by atoms with Crippen LogP contribution in [0, 0.1) is 13.8 Å². The fourth-order valence-corrected chi connectivity index (χ4v) is 2.24. The van der Waals surface area contributed by atoms with Gasteiger partial charge in [0.15, 0.2) is 0 Å². The van der Waals surface area contributed by atoms with Gasteiger partial charge in [-0.3, -0.25) is 4.98 Å². The molecule has 3 heteroatoms. The molecular weight excluding hydrogens is 258 g/mol. The Morgan fingerprint density at radius 3 is 2.43 bits per heavy atom. The number of nitrogens with zero attached hydrogens (tertiary/aromatic N) is 2. The third-order valence-corrected chi connectivity index (χ3v) is 3.58. The summed E-state index contributed by atoms with van der Waals surface area (Å²) in [5.41, 5.74) is 5.94. The van der Waals surface area contributed by atoms with Gasteiger partial charge in [0.25, 0.3) is 0 Å². The minimum atomic E-state index is 0.462. The summed E-state index contributed by atoms with van der Waals surface area (Å²) in [6.07, 6.45) is 1.98. The third kappa shape index (κ3) is 4.05. The Balaban J connectivity index is 2.31. The lowest BCUT2D eigenvalue weighted by Crippen LogP contribution is -2.23. The first kappa shape index (κ1) is 15.5. The SMILES string of the molecule is Cc1ccc(N(C)c2cc(C)ncc2CNC(C)C)cc1. The molecule has 112 valence electrons. The number of aryl methyl sites for hydroxylation is 2. The molecule has 3 nitrogen and oxygen atoms in total. The zero-order chi connectivity index (χ0) is 15.4. The van der Waals surface area contributed by atoms with Crippen LogP contribution in [0.4, 0.5) is 11.4 Å². The molecule has 0 fully saturated rings. The largest absolute Gasteiger partial charge is 0.344 e. The van der Waals surface area contributed by atoms with E-state index in [0.29, 0.717) is 6.04 Å². The van der Waals surface area contributed by atoms with E-state index in [1.807, 2.05) is 13.1 Å². The number of hydrogen-bond donors (Lipinski definition) is 1. The first-order chi connectivity index (χ1) is 9.97. The summed E-state index contributed by atoms with van der Waals surface area (Å²) in [7, 11) is 2.11. The van der Waals surface area contributed by atoms with Gasteiger partial charge in [-0.05, 0) is 32.0 Å². The maximum atomic E-state index is 4.44. The lowest BCUT2D eigenvalue weighted by molar-refractivity contribution is 0.588. The molecular formula is C18H25N3. The van der Waals surface area contributed by atoms with E-state index >= 15 is 0 Å². The number of benzene rings is 1. The second kappa shape index (κ2) is 6.72. The normalized spacial score (nSPS) is 11.0. The molecule has 2 aromatic rings. The Morgan fingerprint density at radius 2 is 1.81 bits per heavy atom. The van der Waals surface area contributed by atoms with Crippen LogP contribution >= 0.6 is 0 Å². The Bertz CT molecular complexity index is 588. The summed E-state index contributed by atoms with van der Waals surface area (Å²) in [5.74, 6) is 0. The molecule has 0 aliphatic rings. The molecule has 0 aliphatic heterocycles. The maximum Gasteiger partial charge on any atom is 0.0487 e. The second-order valence-corrected chi connectivity index (χ2v) is 5.88. The molecule has 21 heavy (non-hydrogen) atoms. The van der Waals surface area contributed by atoms with E-state index in [0.717, 1.165) is 12.2 Å². The van der Waals surface area contributed by atoms with Crippen molar-refractivity contribution in [3.8, 4) is 0 Å². The van der Waals surface area contributed by atoms with Gasteiger partial charge in [-0.15, -0.1) is 0 Å². The lowest BCUT2D eigenvalue weighted by Gasteiger charge is -2.23. The monoisotopic (exact) mass is 283 g/mol. The van der Waals surface area contributed by atoms with Gasteiger partial charge >= 0.3 is 0 Å². The first-order valence-electron chi connectivity index (χ1n) is 7.46. The summed E-state index contributed by atoms with van der Waals surface area (Å²) in [6.45, 7) is 9.29. The second-order valence-electron chi connectivity index (χ2n) is 5.88. The van der Waals surface area contributed by atoms with Crippen molar-refractivity contribution in [2.45, 2.75) is 40.3 Å². The number of anilines is 2. The molecule has 0 aliphatic carbocycles. The molecule has 0 unspecified atom stereocenters. The Kier molecular flexibility index (Phi) is 4.97. The summed E-state index contributed by atoms with van der Waals surface area (Å²) in [5, 5.41) is 3.47. The quantitative estimate of drug-likeness (QED) is 0.900. The number of pyridine rings is 1. The predicted octanol–water partition coefficient (Wildman–Crippen LogP) is 3.96. The summed E-state index contributed by atoms with van der Waals surface area (Å²) in [6, 6.07) is 11.2. The lowest BCUT2D eigenvalue weighted by atomic mass is 10.1. The molecule has 0 radical (unpaired) electrons. The molecule has 1 heterocycles. The van der Waals surface area contributed by atoms with E-state index in [-0.39, 0.29) is 0 Å². The van der Waals surface area contributed by atoms with Gasteiger partial charge in [0, 0.05) is 48.5 Å². The maximum absolute atomic E-state index is 4.44. The van der Waals surface area contributed by atoms with Gasteiger partial charge in [-0.1, -0.05) is 31.5 Å². The zero-order valence-electron chi connectivity index (χ0n) is 13.6. The van der Waals surface area contributed by atoms with Crippen molar-refractivity contribution in [1.82, 2.24) is 10.3 Å². The molecule has 2 rings (SSSR count). The highest BCUT2D eigenvalue weighted by Crippen LogP contribution is 2.27. The van der Waals surface area contributed by atoms with Crippen LogP contribution in [-0.2, 0) is 6.54 Å². The highest BCUT2D eigenvalue weighted by atomic mass is 15.1. The van der Waals surface area contributed by atoms with Crippen molar-refractivity contribution >= 4 is 11.4 Å². The highest BCUT2D eigenvalue weighted by Gasteiger charge is 2.11. The van der Waals surface area contributed by atoms with E-state index < -0.39 is 0 Å². The summed E-state index contributed by atoms with van der Waals surface area (Å²) >= 11 is 0. The zero-order valence-corrected chi connectivity index (χ0v) is 13.6. The Labute approximate surface area is 128 Å². The minimum absolute atomic E-state index is 0.462. The topological polar surface area (TPSA) is 28.2 Å². The Hall–Kier alpha value is -1.87. The van der Waals surface area contributed by atoms with Gasteiger partial charge in [-0.25, -0.2) is 0 Å². The average molecular weight is 283 g/mol. The van der Waals surface area contributed by atoms with Gasteiger partial charge in [0.1, 0.15) is 0 Å². The van der Waals surface area contributed by atoms with Crippen molar-refractivity contribution in [3.05, 3.63) is 53.3 Å². The molecule has 0 spiro atoms. The molecule has 0 atom stereocenters. The number of aromatic nitrogens is 1. The van der Waals surface area contributed by atoms with Crippen LogP contribution in [0.25, 0.3) is 0 Å². The van der Waals surface area contributed by atoms with Crippen LogP contribution in [0.1, 0.15) is 30.7 Å². The van der Waals surface area contributed by atoms with E-state index in [9.17, 15) is 0 Å². The van der Waals surface area contributed by atoms with Crippen molar-refractivity contribution in [1.29, 1.82) is 0 Å². The van der Waals surface area contributed by atoms with Gasteiger partial charge < -0.3 is 10.2 Å². The fourth-order valence-electron chi connectivity index (χ4n) is 2.24. The molecule has 0 bridgehead atoms. The minimum Gasteiger partial charge on any atom is -0.344 e. The van der Waals surface area contributed by atoms with E-state index in [2.05, 4.69) is 73.4 Å². The van der Waals surface area contributed by atoms with Crippen LogP contribution in [0.5, 0.6) is 0 Å². The number of nitrogens with one attached hydrogen (secondary N) is 1. The van der Waals surface area contributed by atoms with E-state index in [1.165, 1.54) is 22.5 Å². The standard InChI is InChI=1S/C18H25N3/c1-13(2)19-11-16-12-20-15(4)10-18(16)21(5)17-8-6-14(3)7-9-17/h6-10,12-13,19H,11H2,1-5H3. The molecule has 1 aromatic heterocycles. The fraction of sp³-hybridized carbons (Fsp3) is 0.389. The summed E-state index contributed by atoms with van der Waals surface area (Å²) in [4.78, 5) is 6.67. The first-order valence-corrected chi connectivity index (χ1v) is 7.46. The molecule has 0 saturated heterocycles. The van der Waals surface area contributed by atoms with E-state index in [4.69, 9.17) is 0 Å². The number of hydrogen-bond acceptors (Lipinski definition) is 3. The van der Waals surface area contributed by atoms with Crippen LogP contribution in [0.15, 0.2) is 36.5 Å². The number of rotatable bonds is 5. The van der Waals surface area contributed by atoms with Crippen molar-refractivity contribution in [2.24, 2.45) is 0 Å². The van der Waals surface area contributed by atoms with Crippen molar-refractivity contribution in [2.75, 3.05) is 11.9 Å². The van der Waals surface area contributed by atoms with Gasteiger partial charge in [-0.2, -0.15) is 0 Å². The molecule has 0 amide bonds. The molecule has 0 saturated carbocycles. The third-order valence-electron chi connectivity index (χ3n) is 3.58. The van der Waals surface area contributed by atoms with Crippen molar-refractivity contribution < 1.29 is 0 Å². The van der Waals surface area contributed by atoms with Crippen LogP contribution in [0.2, 0.25) is 0 Å². The Morgan fingerprint density at radius 1 is 1.14 bits per heavy atom. The van der Waals surface area contributed by atoms with Gasteiger partial charge in [0.2, 0.25) is 0 Å². The molecule has 1 aromatic carbocycles. The van der Waals surface area contributed by atoms with Crippen LogP contribution < -0.4 is 10.2 Å². The molecule has 1 N–H and O–H groups in total. The predicted molar refractivity (Wildman–Crippen MR) is 90.2 cm³/mol. The smallest absolute Gasteiger partial charge is 0.0487 e.